The Bertz CT molecular complexity index is 1370. The molecule has 1 unspecified atom stereocenters. The Balaban J connectivity index is 2.04. The van der Waals surface area contributed by atoms with Gasteiger partial charge < -0.3 is 10.2 Å². The predicted molar refractivity (Wildman–Crippen MR) is 156 cm³/mol. The van der Waals surface area contributed by atoms with Gasteiger partial charge in [-0.1, -0.05) is 73.5 Å². The minimum Gasteiger partial charge on any atom is -0.354 e. The largest absolute Gasteiger partial charge is 0.354 e. The van der Waals surface area contributed by atoms with Crippen LogP contribution in [0.2, 0.25) is 0 Å². The number of carbonyl (C=O) groups is 2. The van der Waals surface area contributed by atoms with Gasteiger partial charge in [-0.15, -0.1) is 0 Å². The van der Waals surface area contributed by atoms with Crippen LogP contribution in [-0.2, 0) is 26.2 Å². The highest BCUT2D eigenvalue weighted by molar-refractivity contribution is 7.92. The third kappa shape index (κ3) is 7.69. The second kappa shape index (κ2) is 13.4. The number of benzene rings is 3. The van der Waals surface area contributed by atoms with Gasteiger partial charge in [0.25, 0.3) is 10.0 Å². The lowest BCUT2D eigenvalue weighted by molar-refractivity contribution is -0.140. The number of aryl methyl sites for hydroxylation is 3. The van der Waals surface area contributed by atoms with Crippen LogP contribution in [-0.4, -0.2) is 44.3 Å². The van der Waals surface area contributed by atoms with Gasteiger partial charge in [0.2, 0.25) is 11.8 Å². The SMILES string of the molecule is CCCNC(=O)C(CC)N(Cc1ccc(C)cc1)C(=O)CN(c1cccc(C)c1)S(=O)(=O)c1ccc(C)cc1. The molecule has 0 saturated heterocycles. The summed E-state index contributed by atoms with van der Waals surface area (Å²) < 4.78 is 28.9. The molecule has 0 heterocycles. The molecule has 3 aromatic carbocycles. The van der Waals surface area contributed by atoms with E-state index in [0.29, 0.717) is 18.7 Å². The summed E-state index contributed by atoms with van der Waals surface area (Å²) in [4.78, 5) is 28.8. The molecule has 3 aromatic rings. The zero-order valence-corrected chi connectivity index (χ0v) is 24.3. The van der Waals surface area contributed by atoms with Crippen LogP contribution in [0.5, 0.6) is 0 Å². The fourth-order valence-corrected chi connectivity index (χ4v) is 5.73. The molecule has 0 radical (unpaired) electrons. The summed E-state index contributed by atoms with van der Waals surface area (Å²) in [5.41, 5.74) is 4.13. The van der Waals surface area contributed by atoms with Crippen molar-refractivity contribution < 1.29 is 18.0 Å². The molecule has 8 heteroatoms. The summed E-state index contributed by atoms with van der Waals surface area (Å²) in [5.74, 6) is -0.699. The number of anilines is 1. The first-order valence-corrected chi connectivity index (χ1v) is 14.8. The fraction of sp³-hybridized carbons (Fsp3) is 0.355. The van der Waals surface area contributed by atoms with E-state index in [0.717, 1.165) is 33.0 Å². The Kier molecular flexibility index (Phi) is 10.3. The van der Waals surface area contributed by atoms with Gasteiger partial charge in [-0.3, -0.25) is 13.9 Å². The van der Waals surface area contributed by atoms with Crippen LogP contribution in [0.1, 0.15) is 48.9 Å². The summed E-state index contributed by atoms with van der Waals surface area (Å²) in [6.07, 6.45) is 1.16. The molecule has 0 aliphatic heterocycles. The molecule has 0 aliphatic rings. The molecule has 1 N–H and O–H groups in total. The first-order chi connectivity index (χ1) is 18.6. The molecule has 0 bridgehead atoms. The zero-order chi connectivity index (χ0) is 28.6. The molecule has 39 heavy (non-hydrogen) atoms. The van der Waals surface area contributed by atoms with Crippen LogP contribution in [0.15, 0.2) is 77.7 Å². The number of nitrogens with zero attached hydrogens (tertiary/aromatic N) is 2. The molecule has 208 valence electrons. The number of carbonyl (C=O) groups excluding carboxylic acids is 2. The summed E-state index contributed by atoms with van der Waals surface area (Å²) in [5, 5.41) is 2.90. The normalized spacial score (nSPS) is 12.0. The fourth-order valence-electron chi connectivity index (χ4n) is 4.32. The van der Waals surface area contributed by atoms with Crippen molar-refractivity contribution in [3.05, 3.63) is 95.1 Å². The molecule has 1 atom stereocenters. The average molecular weight is 550 g/mol. The monoisotopic (exact) mass is 549 g/mol. The van der Waals surface area contributed by atoms with E-state index in [1.165, 1.54) is 4.90 Å². The van der Waals surface area contributed by atoms with E-state index in [-0.39, 0.29) is 17.3 Å². The van der Waals surface area contributed by atoms with Gasteiger partial charge in [0, 0.05) is 13.1 Å². The molecular weight excluding hydrogens is 510 g/mol. The molecule has 0 fully saturated rings. The predicted octanol–water partition coefficient (Wildman–Crippen LogP) is 5.14. The topological polar surface area (TPSA) is 86.8 Å². The smallest absolute Gasteiger partial charge is 0.264 e. The van der Waals surface area contributed by atoms with E-state index in [4.69, 9.17) is 0 Å². The Morgan fingerprint density at radius 1 is 0.846 bits per heavy atom. The quantitative estimate of drug-likeness (QED) is 0.339. The molecule has 2 amide bonds. The second-order valence-electron chi connectivity index (χ2n) is 9.89. The molecular formula is C31H39N3O4S. The number of rotatable bonds is 12. The van der Waals surface area contributed by atoms with Crippen molar-refractivity contribution in [3.63, 3.8) is 0 Å². The highest BCUT2D eigenvalue weighted by Crippen LogP contribution is 2.26. The Morgan fingerprint density at radius 2 is 1.46 bits per heavy atom. The van der Waals surface area contributed by atoms with E-state index >= 15 is 0 Å². The highest BCUT2D eigenvalue weighted by Gasteiger charge is 2.33. The average Bonchev–Trinajstić information content (AvgIpc) is 2.91. The second-order valence-corrected chi connectivity index (χ2v) is 11.7. The lowest BCUT2D eigenvalue weighted by Crippen LogP contribution is -2.52. The van der Waals surface area contributed by atoms with Crippen LogP contribution >= 0.6 is 0 Å². The van der Waals surface area contributed by atoms with Crippen molar-refractivity contribution >= 4 is 27.5 Å². The Morgan fingerprint density at radius 3 is 2.03 bits per heavy atom. The lowest BCUT2D eigenvalue weighted by atomic mass is 10.1. The van der Waals surface area contributed by atoms with Gasteiger partial charge in [0.05, 0.1) is 10.6 Å². The van der Waals surface area contributed by atoms with Crippen molar-refractivity contribution in [3.8, 4) is 0 Å². The van der Waals surface area contributed by atoms with Crippen molar-refractivity contribution in [1.29, 1.82) is 0 Å². The summed E-state index contributed by atoms with van der Waals surface area (Å²) in [6.45, 7) is 9.80. The maximum Gasteiger partial charge on any atom is 0.264 e. The first kappa shape index (κ1) is 29.9. The zero-order valence-electron chi connectivity index (χ0n) is 23.5. The third-order valence-corrected chi connectivity index (χ3v) is 8.37. The van der Waals surface area contributed by atoms with Gasteiger partial charge in [-0.25, -0.2) is 8.42 Å². The maximum atomic E-state index is 14.0. The molecule has 0 saturated carbocycles. The molecule has 0 spiro atoms. The van der Waals surface area contributed by atoms with E-state index in [9.17, 15) is 18.0 Å². The Hall–Kier alpha value is -3.65. The summed E-state index contributed by atoms with van der Waals surface area (Å²) in [6, 6.07) is 20.7. The van der Waals surface area contributed by atoms with Gasteiger partial charge in [-0.05, 0) is 69.0 Å². The first-order valence-electron chi connectivity index (χ1n) is 13.4. The van der Waals surface area contributed by atoms with Crippen LogP contribution < -0.4 is 9.62 Å². The molecule has 7 nitrogen and oxygen atoms in total. The lowest BCUT2D eigenvalue weighted by Gasteiger charge is -2.33. The number of nitrogens with one attached hydrogen (secondary N) is 1. The van der Waals surface area contributed by atoms with E-state index in [1.807, 2.05) is 65.0 Å². The number of amides is 2. The maximum absolute atomic E-state index is 14.0. The van der Waals surface area contributed by atoms with Crippen molar-refractivity contribution in [2.45, 2.75) is 64.9 Å². The minimum atomic E-state index is -4.08. The minimum absolute atomic E-state index is 0.0974. The van der Waals surface area contributed by atoms with Gasteiger partial charge >= 0.3 is 0 Å². The third-order valence-electron chi connectivity index (χ3n) is 6.59. The van der Waals surface area contributed by atoms with Gasteiger partial charge in [-0.2, -0.15) is 0 Å². The standard InChI is InChI=1S/C31H39N3O4S/c1-6-19-32-31(36)29(7-2)33(21-26-15-11-23(3)12-16-26)30(35)22-34(27-10-8-9-25(5)20-27)39(37,38)28-17-13-24(4)14-18-28/h8-18,20,29H,6-7,19,21-22H2,1-5H3,(H,32,36). The summed E-state index contributed by atoms with van der Waals surface area (Å²) in [7, 11) is -4.08. The molecule has 0 aromatic heterocycles. The van der Waals surface area contributed by atoms with Gasteiger partial charge in [0.15, 0.2) is 0 Å². The van der Waals surface area contributed by atoms with Crippen LogP contribution in [0.3, 0.4) is 0 Å². The number of sulfonamides is 1. The van der Waals surface area contributed by atoms with Gasteiger partial charge in [0.1, 0.15) is 12.6 Å². The number of hydrogen-bond donors (Lipinski definition) is 1. The van der Waals surface area contributed by atoms with Crippen LogP contribution in [0.25, 0.3) is 0 Å². The van der Waals surface area contributed by atoms with E-state index in [2.05, 4.69) is 5.32 Å². The van der Waals surface area contributed by atoms with Crippen molar-refractivity contribution in [1.82, 2.24) is 10.2 Å². The van der Waals surface area contributed by atoms with Crippen LogP contribution in [0, 0.1) is 20.8 Å². The Labute approximate surface area is 232 Å². The van der Waals surface area contributed by atoms with Crippen LogP contribution in [0.4, 0.5) is 5.69 Å². The molecule has 0 aliphatic carbocycles. The summed E-state index contributed by atoms with van der Waals surface area (Å²) >= 11 is 0. The molecule has 3 rings (SSSR count). The van der Waals surface area contributed by atoms with E-state index < -0.39 is 28.5 Å². The highest BCUT2D eigenvalue weighted by atomic mass is 32.2. The van der Waals surface area contributed by atoms with E-state index in [1.54, 1.807) is 42.5 Å². The number of hydrogen-bond acceptors (Lipinski definition) is 4. The van der Waals surface area contributed by atoms with Crippen molar-refractivity contribution in [2.24, 2.45) is 0 Å². The van der Waals surface area contributed by atoms with Crippen molar-refractivity contribution in [2.75, 3.05) is 17.4 Å².